The van der Waals surface area contributed by atoms with Gasteiger partial charge in [0.2, 0.25) is 0 Å². The van der Waals surface area contributed by atoms with Gasteiger partial charge in [-0.05, 0) is 76.4 Å². The van der Waals surface area contributed by atoms with Crippen molar-refractivity contribution in [3.63, 3.8) is 0 Å². The molecule has 0 unspecified atom stereocenters. The fourth-order valence-electron chi connectivity index (χ4n) is 2.95. The Kier molecular flexibility index (Phi) is 9.68. The van der Waals surface area contributed by atoms with Crippen LogP contribution in [0, 0.1) is 0 Å². The van der Waals surface area contributed by atoms with E-state index in [1.54, 1.807) is 48.5 Å². The van der Waals surface area contributed by atoms with Crippen molar-refractivity contribution in [2.45, 2.75) is 13.3 Å². The first-order chi connectivity index (χ1) is 17.0. The Balaban J connectivity index is 1.53. The van der Waals surface area contributed by atoms with Crippen molar-refractivity contribution in [3.05, 3.63) is 82.3 Å². The van der Waals surface area contributed by atoms with Gasteiger partial charge in [0.1, 0.15) is 5.75 Å². The van der Waals surface area contributed by atoms with Crippen LogP contribution in [0.5, 0.6) is 17.2 Å². The van der Waals surface area contributed by atoms with E-state index in [1.807, 2.05) is 25.1 Å². The average Bonchev–Trinajstić information content (AvgIpc) is 2.87. The van der Waals surface area contributed by atoms with Crippen LogP contribution >= 0.6 is 15.9 Å². The Morgan fingerprint density at radius 2 is 1.74 bits per heavy atom. The Bertz CT molecular complexity index is 1180. The van der Waals surface area contributed by atoms with E-state index < -0.39 is 0 Å². The molecule has 3 aromatic carbocycles. The molecule has 0 saturated carbocycles. The first kappa shape index (κ1) is 25.8. The van der Waals surface area contributed by atoms with Crippen molar-refractivity contribution in [1.82, 2.24) is 5.43 Å². The van der Waals surface area contributed by atoms with Gasteiger partial charge in [0, 0.05) is 11.3 Å². The highest BCUT2D eigenvalue weighted by Crippen LogP contribution is 2.28. The van der Waals surface area contributed by atoms with Crippen LogP contribution in [-0.2, 0) is 4.79 Å². The lowest BCUT2D eigenvalue weighted by atomic mass is 10.2. The summed E-state index contributed by atoms with van der Waals surface area (Å²) in [6, 6.07) is 19.3. The normalized spacial score (nSPS) is 10.6. The number of hydrogen-bond donors (Lipinski definition) is 2. The second-order valence-electron chi connectivity index (χ2n) is 7.31. The first-order valence-corrected chi connectivity index (χ1v) is 11.7. The summed E-state index contributed by atoms with van der Waals surface area (Å²) >= 11 is 3.43. The molecule has 9 heteroatoms. The number of rotatable bonds is 11. The monoisotopic (exact) mass is 539 g/mol. The number of nitrogens with zero attached hydrogens (tertiary/aromatic N) is 1. The number of hydrogen-bond acceptors (Lipinski definition) is 6. The molecular formula is C26H26BrN3O5. The molecule has 0 atom stereocenters. The maximum Gasteiger partial charge on any atom is 0.271 e. The summed E-state index contributed by atoms with van der Waals surface area (Å²) in [5, 5.41) is 6.77. The number of ether oxygens (including phenoxy) is 3. The molecule has 3 aromatic rings. The molecule has 0 fully saturated rings. The van der Waals surface area contributed by atoms with Crippen molar-refractivity contribution in [3.8, 4) is 17.2 Å². The van der Waals surface area contributed by atoms with Gasteiger partial charge in [-0.3, -0.25) is 9.59 Å². The Morgan fingerprint density at radius 3 is 2.46 bits per heavy atom. The Labute approximate surface area is 212 Å². The van der Waals surface area contributed by atoms with Gasteiger partial charge in [-0.2, -0.15) is 5.10 Å². The molecule has 0 aliphatic carbocycles. The summed E-state index contributed by atoms with van der Waals surface area (Å²) in [4.78, 5) is 24.5. The quantitative estimate of drug-likeness (QED) is 0.263. The summed E-state index contributed by atoms with van der Waals surface area (Å²) in [5.74, 6) is 0.918. The zero-order valence-electron chi connectivity index (χ0n) is 19.4. The average molecular weight is 540 g/mol. The van der Waals surface area contributed by atoms with Gasteiger partial charge in [-0.1, -0.05) is 25.1 Å². The van der Waals surface area contributed by atoms with Crippen LogP contribution in [0.1, 0.15) is 29.3 Å². The fraction of sp³-hybridized carbons (Fsp3) is 0.192. The number of benzene rings is 3. The molecule has 0 bridgehead atoms. The highest BCUT2D eigenvalue weighted by Gasteiger charge is 2.11. The van der Waals surface area contributed by atoms with Gasteiger partial charge in [-0.25, -0.2) is 5.43 Å². The lowest BCUT2D eigenvalue weighted by Crippen LogP contribution is -2.20. The highest BCUT2D eigenvalue weighted by molar-refractivity contribution is 9.10. The molecule has 35 heavy (non-hydrogen) atoms. The predicted octanol–water partition coefficient (Wildman–Crippen LogP) is 5.03. The van der Waals surface area contributed by atoms with E-state index in [4.69, 9.17) is 14.2 Å². The smallest absolute Gasteiger partial charge is 0.271 e. The molecule has 0 radical (unpaired) electrons. The second-order valence-corrected chi connectivity index (χ2v) is 8.16. The molecule has 3 rings (SSSR count). The van der Waals surface area contributed by atoms with Gasteiger partial charge in [0.15, 0.2) is 18.1 Å². The summed E-state index contributed by atoms with van der Waals surface area (Å²) in [6.45, 7) is 2.44. The molecule has 8 nitrogen and oxygen atoms in total. The number of methoxy groups -OCH3 is 1. The number of nitrogens with one attached hydrogen (secondary N) is 2. The van der Waals surface area contributed by atoms with Gasteiger partial charge < -0.3 is 19.5 Å². The molecule has 2 N–H and O–H groups in total. The largest absolute Gasteiger partial charge is 0.493 e. The zero-order valence-corrected chi connectivity index (χ0v) is 21.0. The summed E-state index contributed by atoms with van der Waals surface area (Å²) in [6.07, 6.45) is 2.37. The van der Waals surface area contributed by atoms with Crippen molar-refractivity contribution in [1.29, 1.82) is 0 Å². The minimum atomic E-state index is -0.384. The summed E-state index contributed by atoms with van der Waals surface area (Å²) in [7, 11) is 1.52. The third-order valence-corrected chi connectivity index (χ3v) is 5.26. The van der Waals surface area contributed by atoms with Crippen molar-refractivity contribution < 1.29 is 23.8 Å². The number of anilines is 1. The maximum absolute atomic E-state index is 12.4. The molecular weight excluding hydrogens is 514 g/mol. The second kappa shape index (κ2) is 13.1. The minimum absolute atomic E-state index is 0.136. The van der Waals surface area contributed by atoms with E-state index in [0.29, 0.717) is 39.6 Å². The van der Waals surface area contributed by atoms with Crippen LogP contribution in [0.3, 0.4) is 0 Å². The van der Waals surface area contributed by atoms with Crippen LogP contribution in [0.4, 0.5) is 5.69 Å². The third-order valence-electron chi connectivity index (χ3n) is 4.64. The number of carbonyl (C=O) groups is 2. The Morgan fingerprint density at radius 1 is 0.971 bits per heavy atom. The molecule has 0 aromatic heterocycles. The van der Waals surface area contributed by atoms with E-state index in [-0.39, 0.29) is 18.4 Å². The molecule has 0 aliphatic heterocycles. The van der Waals surface area contributed by atoms with Crippen LogP contribution < -0.4 is 25.0 Å². The van der Waals surface area contributed by atoms with Crippen LogP contribution in [-0.4, -0.2) is 38.4 Å². The van der Waals surface area contributed by atoms with E-state index in [2.05, 4.69) is 31.8 Å². The van der Waals surface area contributed by atoms with Gasteiger partial charge in [0.05, 0.1) is 24.4 Å². The lowest BCUT2D eigenvalue weighted by Gasteiger charge is -2.11. The van der Waals surface area contributed by atoms with Gasteiger partial charge >= 0.3 is 0 Å². The minimum Gasteiger partial charge on any atom is -0.493 e. The summed E-state index contributed by atoms with van der Waals surface area (Å²) < 4.78 is 17.1. The van der Waals surface area contributed by atoms with E-state index in [0.717, 1.165) is 12.0 Å². The molecule has 0 aliphatic rings. The predicted molar refractivity (Wildman–Crippen MR) is 139 cm³/mol. The highest BCUT2D eigenvalue weighted by atomic mass is 79.9. The number of para-hydroxylation sites is 1. The summed E-state index contributed by atoms with van der Waals surface area (Å²) in [5.41, 5.74) is 4.31. The van der Waals surface area contributed by atoms with E-state index in [9.17, 15) is 9.59 Å². The molecule has 0 heterocycles. The molecule has 182 valence electrons. The number of carbonyl (C=O) groups excluding carboxylic acids is 2. The van der Waals surface area contributed by atoms with Crippen LogP contribution in [0.15, 0.2) is 76.3 Å². The van der Waals surface area contributed by atoms with Crippen molar-refractivity contribution >= 4 is 39.6 Å². The Hall–Kier alpha value is -3.85. The van der Waals surface area contributed by atoms with Gasteiger partial charge in [-0.15, -0.1) is 0 Å². The fourth-order valence-corrected chi connectivity index (χ4v) is 3.46. The topological polar surface area (TPSA) is 98.3 Å². The van der Waals surface area contributed by atoms with Crippen LogP contribution in [0.25, 0.3) is 0 Å². The maximum atomic E-state index is 12.4. The SMILES string of the molecule is CCCOc1ccc(C(=O)N/N=C/c2ccc(OCC(=O)Nc3ccccc3)c(Br)c2)cc1OC. The van der Waals surface area contributed by atoms with E-state index in [1.165, 1.54) is 13.3 Å². The number of halogens is 1. The molecule has 0 saturated heterocycles. The molecule has 2 amide bonds. The van der Waals surface area contributed by atoms with Crippen molar-refractivity contribution in [2.75, 3.05) is 25.6 Å². The number of hydrazone groups is 1. The lowest BCUT2D eigenvalue weighted by molar-refractivity contribution is -0.118. The zero-order chi connectivity index (χ0) is 25.0. The van der Waals surface area contributed by atoms with E-state index >= 15 is 0 Å². The number of amides is 2. The standard InChI is InChI=1S/C26H26BrN3O5/c1-3-13-34-23-12-10-19(15-24(23)33-2)26(32)30-28-16-18-9-11-22(21(27)14-18)35-17-25(31)29-20-7-5-4-6-8-20/h4-12,14-16H,3,13,17H2,1-2H3,(H,29,31)(H,30,32)/b28-16+. The first-order valence-electron chi connectivity index (χ1n) is 10.9. The molecule has 0 spiro atoms. The van der Waals surface area contributed by atoms with Gasteiger partial charge in [0.25, 0.3) is 11.8 Å². The van der Waals surface area contributed by atoms with Crippen LogP contribution in [0.2, 0.25) is 0 Å². The third kappa shape index (κ3) is 7.86. The van der Waals surface area contributed by atoms with Crippen molar-refractivity contribution in [2.24, 2.45) is 5.10 Å².